The van der Waals surface area contributed by atoms with E-state index < -0.39 is 12.6 Å². The predicted octanol–water partition coefficient (Wildman–Crippen LogP) is 2.92. The van der Waals surface area contributed by atoms with Gasteiger partial charge in [0.25, 0.3) is 5.56 Å². The number of aliphatic carboxylic acids is 1. The number of aromatic nitrogens is 2. The maximum atomic E-state index is 12.9. The van der Waals surface area contributed by atoms with E-state index >= 15 is 0 Å². The molecular formula is C20H15IN2O5S. The zero-order valence-electron chi connectivity index (χ0n) is 15.2. The molecule has 0 aliphatic heterocycles. The minimum absolute atomic E-state index is 0.127. The highest BCUT2D eigenvalue weighted by atomic mass is 127. The number of rotatable bonds is 6. The van der Waals surface area contributed by atoms with Gasteiger partial charge in [0, 0.05) is 0 Å². The van der Waals surface area contributed by atoms with Gasteiger partial charge in [0.15, 0.2) is 23.1 Å². The minimum atomic E-state index is -1.07. The molecule has 0 aliphatic rings. The van der Waals surface area contributed by atoms with Gasteiger partial charge < -0.3 is 14.6 Å². The lowest BCUT2D eigenvalue weighted by Crippen LogP contribution is -2.22. The molecule has 0 atom stereocenters. The molecule has 2 heterocycles. The normalized spacial score (nSPS) is 12.0. The summed E-state index contributed by atoms with van der Waals surface area (Å²) < 4.78 is 13.9. The third-order valence-corrected chi connectivity index (χ3v) is 5.88. The van der Waals surface area contributed by atoms with E-state index in [1.807, 2.05) is 37.3 Å². The number of benzene rings is 2. The lowest BCUT2D eigenvalue weighted by atomic mass is 10.2. The smallest absolute Gasteiger partial charge is 0.341 e. The highest BCUT2D eigenvalue weighted by Gasteiger charge is 2.14. The molecule has 2 aromatic carbocycles. The van der Waals surface area contributed by atoms with Gasteiger partial charge in [-0.25, -0.2) is 14.2 Å². The van der Waals surface area contributed by atoms with Crippen molar-refractivity contribution in [3.05, 3.63) is 60.4 Å². The molecule has 4 aromatic rings. The number of nitrogens with zero attached hydrogens (tertiary/aromatic N) is 2. The molecule has 9 heteroatoms. The molecule has 0 fully saturated rings. The van der Waals surface area contributed by atoms with Crippen molar-refractivity contribution in [2.45, 2.75) is 6.92 Å². The third kappa shape index (κ3) is 3.79. The largest absolute Gasteiger partial charge is 0.490 e. The van der Waals surface area contributed by atoms with Gasteiger partial charge in [0.1, 0.15) is 0 Å². The number of hydrogen-bond acceptors (Lipinski definition) is 6. The van der Waals surface area contributed by atoms with Crippen LogP contribution in [-0.4, -0.2) is 33.7 Å². The molecule has 4 rings (SSSR count). The maximum absolute atomic E-state index is 12.9. The second-order valence-electron chi connectivity index (χ2n) is 6.08. The van der Waals surface area contributed by atoms with Gasteiger partial charge in [-0.15, -0.1) is 0 Å². The number of imidazole rings is 1. The molecule has 0 saturated carbocycles. The van der Waals surface area contributed by atoms with Crippen molar-refractivity contribution < 1.29 is 19.4 Å². The van der Waals surface area contributed by atoms with Gasteiger partial charge in [-0.1, -0.05) is 23.5 Å². The van der Waals surface area contributed by atoms with Crippen LogP contribution >= 0.6 is 33.9 Å². The van der Waals surface area contributed by atoms with Crippen molar-refractivity contribution in [1.82, 2.24) is 9.38 Å². The standard InChI is InChI=1S/C20H15IN2O5S/c1-2-27-15-8-11(7-12(21)18(15)28-10-17(24)25)9-16-19(26)23-14-6-4-3-5-13(14)22-20(23)29-16/h3-9H,2,10H2,1H3,(H,24,25)/b16-9-. The summed E-state index contributed by atoms with van der Waals surface area (Å²) in [6.07, 6.45) is 1.78. The fourth-order valence-electron chi connectivity index (χ4n) is 2.97. The van der Waals surface area contributed by atoms with E-state index in [2.05, 4.69) is 27.6 Å². The molecule has 0 radical (unpaired) electrons. The Morgan fingerprint density at radius 2 is 2.10 bits per heavy atom. The lowest BCUT2D eigenvalue weighted by Gasteiger charge is -2.13. The van der Waals surface area contributed by atoms with Crippen LogP contribution in [0.4, 0.5) is 0 Å². The summed E-state index contributed by atoms with van der Waals surface area (Å²) in [5, 5.41) is 8.87. The first-order valence-corrected chi connectivity index (χ1v) is 10.6. The maximum Gasteiger partial charge on any atom is 0.341 e. The van der Waals surface area contributed by atoms with Crippen LogP contribution in [0.3, 0.4) is 0 Å². The molecule has 2 aromatic heterocycles. The van der Waals surface area contributed by atoms with E-state index in [0.717, 1.165) is 16.6 Å². The average molecular weight is 522 g/mol. The number of carboxylic acids is 1. The van der Waals surface area contributed by atoms with Crippen LogP contribution in [0.1, 0.15) is 12.5 Å². The number of thiazole rings is 1. The summed E-state index contributed by atoms with van der Waals surface area (Å²) in [5.41, 5.74) is 2.20. The van der Waals surface area contributed by atoms with Gasteiger partial charge in [-0.3, -0.25) is 4.79 Å². The van der Waals surface area contributed by atoms with Gasteiger partial charge >= 0.3 is 5.97 Å². The van der Waals surface area contributed by atoms with Crippen LogP contribution in [0.25, 0.3) is 22.1 Å². The lowest BCUT2D eigenvalue weighted by molar-refractivity contribution is -0.139. The summed E-state index contributed by atoms with van der Waals surface area (Å²) in [5.74, 6) is -0.253. The second-order valence-corrected chi connectivity index (χ2v) is 8.25. The fourth-order valence-corrected chi connectivity index (χ4v) is 4.74. The number of para-hydroxylation sites is 2. The number of fused-ring (bicyclic) bond motifs is 3. The van der Waals surface area contributed by atoms with Gasteiger partial charge in [-0.2, -0.15) is 0 Å². The molecule has 1 N–H and O–H groups in total. The van der Waals surface area contributed by atoms with E-state index in [4.69, 9.17) is 14.6 Å². The Balaban J connectivity index is 1.82. The molecular weight excluding hydrogens is 507 g/mol. The van der Waals surface area contributed by atoms with Crippen molar-refractivity contribution in [3.63, 3.8) is 0 Å². The summed E-state index contributed by atoms with van der Waals surface area (Å²) in [6.45, 7) is 1.77. The summed E-state index contributed by atoms with van der Waals surface area (Å²) >= 11 is 3.38. The Morgan fingerprint density at radius 1 is 1.31 bits per heavy atom. The Hall–Kier alpha value is -2.66. The molecule has 148 valence electrons. The van der Waals surface area contributed by atoms with Crippen molar-refractivity contribution in [2.24, 2.45) is 0 Å². The first kappa shape index (κ1) is 19.6. The highest BCUT2D eigenvalue weighted by Crippen LogP contribution is 2.34. The van der Waals surface area contributed by atoms with E-state index in [0.29, 0.717) is 31.2 Å². The van der Waals surface area contributed by atoms with Gasteiger partial charge in [-0.05, 0) is 65.4 Å². The fraction of sp³-hybridized carbons (Fsp3) is 0.150. The summed E-state index contributed by atoms with van der Waals surface area (Å²) in [6, 6.07) is 11.1. The quantitative estimate of drug-likeness (QED) is 0.392. The first-order valence-electron chi connectivity index (χ1n) is 8.70. The number of halogens is 1. The molecule has 7 nitrogen and oxygen atoms in total. The third-order valence-electron chi connectivity index (χ3n) is 4.11. The zero-order chi connectivity index (χ0) is 20.5. The Labute approximate surface area is 182 Å². The molecule has 0 saturated heterocycles. The highest BCUT2D eigenvalue weighted by molar-refractivity contribution is 14.1. The monoisotopic (exact) mass is 522 g/mol. The number of hydrogen-bond donors (Lipinski definition) is 1. The van der Waals surface area contributed by atoms with Gasteiger partial charge in [0.05, 0.1) is 25.7 Å². The Morgan fingerprint density at radius 3 is 2.86 bits per heavy atom. The number of carbonyl (C=O) groups is 1. The van der Waals surface area contributed by atoms with Crippen molar-refractivity contribution in [2.75, 3.05) is 13.2 Å². The van der Waals surface area contributed by atoms with E-state index in [9.17, 15) is 9.59 Å². The molecule has 0 spiro atoms. The van der Waals surface area contributed by atoms with E-state index in [1.165, 1.54) is 11.3 Å². The van der Waals surface area contributed by atoms with Crippen LogP contribution in [-0.2, 0) is 4.79 Å². The second kappa shape index (κ2) is 7.99. The SMILES string of the molecule is CCOc1cc(/C=c2\sc3nc4ccccc4n3c2=O)cc(I)c1OCC(=O)O. The molecule has 0 aliphatic carbocycles. The first-order chi connectivity index (χ1) is 14.0. The molecule has 0 amide bonds. The Kier molecular flexibility index (Phi) is 5.41. The summed E-state index contributed by atoms with van der Waals surface area (Å²) in [4.78, 5) is 28.9. The number of ether oxygens (including phenoxy) is 2. The molecule has 29 heavy (non-hydrogen) atoms. The van der Waals surface area contributed by atoms with E-state index in [-0.39, 0.29) is 5.56 Å². The van der Waals surface area contributed by atoms with Crippen molar-refractivity contribution in [3.8, 4) is 11.5 Å². The van der Waals surface area contributed by atoms with Crippen molar-refractivity contribution in [1.29, 1.82) is 0 Å². The Bertz CT molecular complexity index is 1340. The zero-order valence-corrected chi connectivity index (χ0v) is 18.2. The van der Waals surface area contributed by atoms with Crippen LogP contribution in [0.5, 0.6) is 11.5 Å². The summed E-state index contributed by atoms with van der Waals surface area (Å²) in [7, 11) is 0. The van der Waals surface area contributed by atoms with Gasteiger partial charge in [0.2, 0.25) is 0 Å². The number of carboxylic acid groups (broad SMARTS) is 1. The molecule has 0 bridgehead atoms. The van der Waals surface area contributed by atoms with Crippen LogP contribution in [0.2, 0.25) is 0 Å². The predicted molar refractivity (Wildman–Crippen MR) is 119 cm³/mol. The van der Waals surface area contributed by atoms with Crippen molar-refractivity contribution >= 4 is 62.0 Å². The van der Waals surface area contributed by atoms with Crippen LogP contribution < -0.4 is 19.6 Å². The van der Waals surface area contributed by atoms with Crippen LogP contribution in [0, 0.1) is 3.57 Å². The van der Waals surface area contributed by atoms with Crippen LogP contribution in [0.15, 0.2) is 41.2 Å². The average Bonchev–Trinajstić information content (AvgIpc) is 3.17. The molecule has 0 unspecified atom stereocenters. The minimum Gasteiger partial charge on any atom is -0.490 e. The topological polar surface area (TPSA) is 90.1 Å². The van der Waals surface area contributed by atoms with E-state index in [1.54, 1.807) is 16.5 Å².